The molecule has 5 fully saturated rings. The zero-order valence-electron chi connectivity index (χ0n) is 44.4. The molecule has 7 aliphatic rings. The summed E-state index contributed by atoms with van der Waals surface area (Å²) in [6, 6.07) is 0. The van der Waals surface area contributed by atoms with E-state index in [-0.39, 0.29) is 35.9 Å². The molecule has 69 heavy (non-hydrogen) atoms. The van der Waals surface area contributed by atoms with Crippen LogP contribution in [0.4, 0.5) is 0 Å². The van der Waals surface area contributed by atoms with Crippen LogP contribution in [0.5, 0.6) is 0 Å². The molecule has 5 saturated heterocycles. The quantitative estimate of drug-likeness (QED) is 0.122. The summed E-state index contributed by atoms with van der Waals surface area (Å²) in [7, 11) is 0.885. The fourth-order valence-electron chi connectivity index (χ4n) is 11.6. The summed E-state index contributed by atoms with van der Waals surface area (Å²) in [5.74, 6) is -1.94. The number of carbonyl (C=O) groups excluding carboxylic acids is 1. The molecule has 2 bridgehead atoms. The number of aliphatic hydroxyl groups is 2. The van der Waals surface area contributed by atoms with Gasteiger partial charge >= 0.3 is 5.97 Å². The summed E-state index contributed by atoms with van der Waals surface area (Å²) in [5.41, 5.74) is 0.707. The van der Waals surface area contributed by atoms with Crippen LogP contribution >= 0.6 is 0 Å². The van der Waals surface area contributed by atoms with Gasteiger partial charge in [0, 0.05) is 52.2 Å². The van der Waals surface area contributed by atoms with Crippen molar-refractivity contribution >= 4 is 14.3 Å². The molecule has 14 nitrogen and oxygen atoms in total. The summed E-state index contributed by atoms with van der Waals surface area (Å²) in [6.45, 7) is 27.7. The number of fused-ring (bicyclic) bond motifs is 2. The minimum Gasteiger partial charge on any atom is -0.462 e. The topological polar surface area (TPSA) is 159 Å². The maximum absolute atomic E-state index is 14.9. The highest BCUT2D eigenvalue weighted by atomic mass is 28.4. The van der Waals surface area contributed by atoms with E-state index >= 15 is 0 Å². The van der Waals surface area contributed by atoms with Gasteiger partial charge in [0.15, 0.2) is 26.7 Å². The van der Waals surface area contributed by atoms with Crippen LogP contribution in [0.25, 0.3) is 0 Å². The van der Waals surface area contributed by atoms with Gasteiger partial charge in [0.05, 0.1) is 55.4 Å². The zero-order valence-corrected chi connectivity index (χ0v) is 45.4. The van der Waals surface area contributed by atoms with Crippen LogP contribution in [-0.2, 0) is 56.6 Å². The maximum atomic E-state index is 14.9. The number of aliphatic hydroxyl groups excluding tert-OH is 1. The van der Waals surface area contributed by atoms with Gasteiger partial charge in [0.2, 0.25) is 0 Å². The fourth-order valence-corrected chi connectivity index (χ4v) is 12.9. The standard InChI is InChI=1S/C54H88O14Si/c1-16-30(2)47-33(5)22-23-53(67-47)28-39-25-38(66-53)21-20-32(4)46(64-44-27-42(59-13)49(36(8)62-44)65-43-26-41(58-12)45(55)35(7)61-43)31(3)18-17-19-37-29-60-50-48(68-69(14,15)52(9,10)11)34(6)24-40(51(56)63-39)54(37,50)57/h17-20,24,30-31,33,35-36,38-50,55,57H,16,21-23,25-29H2,1-15H3/b18-17+,32-20+,37-19+/t30-,31-,33-,35-,36-,38+,39-,40-,41-,42-,43-,44-,45-,46-,47+,48+,49-,50+,53+,54+/m0/s1. The second-order valence-corrected chi connectivity index (χ2v) is 28.0. The lowest BCUT2D eigenvalue weighted by Gasteiger charge is -2.51. The van der Waals surface area contributed by atoms with Crippen LogP contribution < -0.4 is 0 Å². The molecule has 0 saturated carbocycles. The van der Waals surface area contributed by atoms with Gasteiger partial charge in [-0.3, -0.25) is 4.79 Å². The second-order valence-electron chi connectivity index (χ2n) is 23.2. The van der Waals surface area contributed by atoms with Gasteiger partial charge in [-0.25, -0.2) is 0 Å². The first-order valence-electron chi connectivity index (χ1n) is 26.1. The van der Waals surface area contributed by atoms with Gasteiger partial charge in [-0.2, -0.15) is 0 Å². The highest BCUT2D eigenvalue weighted by molar-refractivity contribution is 6.74. The number of methoxy groups -OCH3 is 2. The third kappa shape index (κ3) is 11.6. The molecular weight excluding hydrogens is 901 g/mol. The SMILES string of the molecule is CC[C@H](C)[C@H]1O[C@]2(CC[C@@H]1C)C[C@@H]1C[C@@H](C/C=C(\C)[C@@H](O[C@H]3C[C@H](OC)[C@@H](O[C@H]4C[C@H](OC)[C@@H](O)[C@H](C)O4)[C@H](C)O3)[C@@H](C)/C=C/C=C3\CO[C@@H]4[C@H](O[Si](C)(C)C(C)(C)C)C(C)=C[C@@H](C(=O)O1)[C@]34O)O2. The predicted octanol–water partition coefficient (Wildman–Crippen LogP) is 8.63. The summed E-state index contributed by atoms with van der Waals surface area (Å²) >= 11 is 0. The largest absolute Gasteiger partial charge is 0.462 e. The Morgan fingerprint density at radius 3 is 2.28 bits per heavy atom. The van der Waals surface area contributed by atoms with Gasteiger partial charge in [-0.1, -0.05) is 85.3 Å². The Morgan fingerprint density at radius 1 is 0.913 bits per heavy atom. The van der Waals surface area contributed by atoms with Crippen molar-refractivity contribution in [3.63, 3.8) is 0 Å². The van der Waals surface area contributed by atoms with Gasteiger partial charge in [-0.15, -0.1) is 0 Å². The lowest BCUT2D eigenvalue weighted by molar-refractivity contribution is -0.340. The Hall–Kier alpha value is -1.83. The van der Waals surface area contributed by atoms with E-state index < -0.39 is 99.1 Å². The van der Waals surface area contributed by atoms with Crippen molar-refractivity contribution in [2.75, 3.05) is 20.8 Å². The van der Waals surface area contributed by atoms with Gasteiger partial charge in [0.1, 0.15) is 35.9 Å². The highest BCUT2D eigenvalue weighted by Gasteiger charge is 2.62. The minimum absolute atomic E-state index is 0.00120. The van der Waals surface area contributed by atoms with E-state index in [2.05, 4.69) is 80.6 Å². The van der Waals surface area contributed by atoms with Crippen molar-refractivity contribution in [2.45, 2.75) is 243 Å². The average Bonchev–Trinajstić information content (AvgIpc) is 3.63. The lowest BCUT2D eigenvalue weighted by Crippen LogP contribution is -2.60. The van der Waals surface area contributed by atoms with E-state index in [1.54, 1.807) is 14.2 Å². The van der Waals surface area contributed by atoms with Crippen molar-refractivity contribution < 1.29 is 66.8 Å². The number of allylic oxidation sites excluding steroid dienone is 2. The number of carbonyl (C=O) groups is 1. The molecule has 0 unspecified atom stereocenters. The zero-order chi connectivity index (χ0) is 50.4. The average molecular weight is 989 g/mol. The Labute approximate surface area is 414 Å². The van der Waals surface area contributed by atoms with Gasteiger partial charge < -0.3 is 62.0 Å². The monoisotopic (exact) mass is 989 g/mol. The first kappa shape index (κ1) is 54.9. The molecule has 392 valence electrons. The maximum Gasteiger partial charge on any atom is 0.316 e. The molecule has 1 spiro atoms. The molecule has 0 aromatic heterocycles. The van der Waals surface area contributed by atoms with Crippen molar-refractivity contribution in [1.82, 2.24) is 0 Å². The third-order valence-electron chi connectivity index (χ3n) is 17.1. The van der Waals surface area contributed by atoms with E-state index in [1.807, 2.05) is 39.0 Å². The van der Waals surface area contributed by atoms with Crippen LogP contribution in [0.1, 0.15) is 128 Å². The van der Waals surface area contributed by atoms with E-state index in [1.165, 1.54) is 0 Å². The second kappa shape index (κ2) is 21.9. The molecular formula is C54H88O14Si. The number of rotatable bonds is 10. The van der Waals surface area contributed by atoms with E-state index in [9.17, 15) is 15.0 Å². The van der Waals surface area contributed by atoms with Crippen LogP contribution in [-0.4, -0.2) is 143 Å². The molecule has 0 amide bonds. The Bertz CT molecular complexity index is 1890. The Balaban J connectivity index is 1.22. The number of hydrogen-bond acceptors (Lipinski definition) is 14. The summed E-state index contributed by atoms with van der Waals surface area (Å²) < 4.78 is 72.2. The van der Waals surface area contributed by atoms with Crippen LogP contribution in [0.3, 0.4) is 0 Å². The van der Waals surface area contributed by atoms with Gasteiger partial charge in [-0.05, 0) is 87.2 Å². The molecule has 0 radical (unpaired) electrons. The van der Waals surface area contributed by atoms with E-state index in [0.29, 0.717) is 55.9 Å². The molecule has 15 heteroatoms. The number of ether oxygens (including phenoxy) is 10. The molecule has 20 atom stereocenters. The highest BCUT2D eigenvalue weighted by Crippen LogP contribution is 2.50. The molecule has 6 heterocycles. The van der Waals surface area contributed by atoms with Crippen LogP contribution in [0, 0.1) is 23.7 Å². The summed E-state index contributed by atoms with van der Waals surface area (Å²) in [6.07, 6.45) is 7.97. The smallest absolute Gasteiger partial charge is 0.316 e. The van der Waals surface area contributed by atoms with Crippen LogP contribution in [0.2, 0.25) is 18.1 Å². The minimum atomic E-state index is -2.37. The number of esters is 1. The molecule has 7 rings (SSSR count). The van der Waals surface area contributed by atoms with E-state index in [4.69, 9.17) is 51.8 Å². The number of hydrogen-bond donors (Lipinski definition) is 2. The molecule has 0 aromatic carbocycles. The van der Waals surface area contributed by atoms with E-state index in [0.717, 1.165) is 24.0 Å². The van der Waals surface area contributed by atoms with Crippen molar-refractivity contribution in [3.05, 3.63) is 47.1 Å². The van der Waals surface area contributed by atoms with Crippen molar-refractivity contribution in [3.8, 4) is 0 Å². The Kier molecular flexibility index (Phi) is 17.5. The van der Waals surface area contributed by atoms with Gasteiger partial charge in [0.25, 0.3) is 0 Å². The van der Waals surface area contributed by atoms with Crippen LogP contribution in [0.15, 0.2) is 47.1 Å². The first-order valence-corrected chi connectivity index (χ1v) is 29.0. The normalized spacial score (nSPS) is 46.1. The molecule has 0 aromatic rings. The first-order chi connectivity index (χ1) is 32.4. The predicted molar refractivity (Wildman–Crippen MR) is 263 cm³/mol. The molecule has 2 N–H and O–H groups in total. The summed E-state index contributed by atoms with van der Waals surface area (Å²) in [4.78, 5) is 14.9. The lowest BCUT2D eigenvalue weighted by atomic mass is 9.71. The molecule has 1 aliphatic carbocycles. The summed E-state index contributed by atoms with van der Waals surface area (Å²) in [5, 5.41) is 23.7. The Morgan fingerprint density at radius 2 is 1.59 bits per heavy atom. The third-order valence-corrected chi connectivity index (χ3v) is 21.6. The fraction of sp³-hybridized carbons (Fsp3) is 0.833. The van der Waals surface area contributed by atoms with Crippen molar-refractivity contribution in [2.24, 2.45) is 23.7 Å². The van der Waals surface area contributed by atoms with Crippen molar-refractivity contribution in [1.29, 1.82) is 0 Å². The molecule has 6 aliphatic heterocycles.